The van der Waals surface area contributed by atoms with Gasteiger partial charge in [0.25, 0.3) is 0 Å². The number of hydrogen-bond acceptors (Lipinski definition) is 12. The summed E-state index contributed by atoms with van der Waals surface area (Å²) in [6, 6.07) is 0. The van der Waals surface area contributed by atoms with E-state index in [1.807, 2.05) is 0 Å². The molecule has 0 aromatic heterocycles. The van der Waals surface area contributed by atoms with Gasteiger partial charge in [-0.3, -0.25) is 0 Å². The number of ether oxygens (including phenoxy) is 2. The van der Waals surface area contributed by atoms with Crippen molar-refractivity contribution in [2.75, 3.05) is 20.8 Å². The molecule has 11 unspecified atom stereocenters. The summed E-state index contributed by atoms with van der Waals surface area (Å²) in [5, 5.41) is 79.4. The molecule has 0 amide bonds. The van der Waals surface area contributed by atoms with Gasteiger partial charge in [0.1, 0.15) is 36.6 Å². The van der Waals surface area contributed by atoms with Crippen LogP contribution < -0.4 is 0 Å². The number of methoxy groups -OCH3 is 2. The standard InChI is InChI=1S/C7H14O7.C7H12O7.7CH4.3H3P/c1-14-6(3(9)2-8)4(10)5(11)7(12)13;1-14-3(2-8)4(9)5(10)6(11)7(12)13;;;;;;;;;;/h3-6,8-11H,2H2,1H3,(H,12,13);2-6,9-11H,1H3,(H,12,13);7*1H4;3*1H3. The predicted molar refractivity (Wildman–Crippen MR) is 166 cm³/mol. The number of aliphatic hydroxyl groups excluding tert-OH is 7. The van der Waals surface area contributed by atoms with Crippen LogP contribution in [0, 0.1) is 0 Å². The van der Waals surface area contributed by atoms with Gasteiger partial charge in [0.2, 0.25) is 0 Å². The lowest BCUT2D eigenvalue weighted by atomic mass is 10.0. The second-order valence-electron chi connectivity index (χ2n) is 5.32. The van der Waals surface area contributed by atoms with Gasteiger partial charge in [-0.25, -0.2) is 9.59 Å². The minimum Gasteiger partial charge on any atom is -0.479 e. The third-order valence-corrected chi connectivity index (χ3v) is 3.42. The molecular weight excluding hydrogens is 569 g/mol. The van der Waals surface area contributed by atoms with Crippen molar-refractivity contribution in [3.8, 4) is 0 Å². The number of rotatable bonds is 12. The smallest absolute Gasteiger partial charge is 0.335 e. The Bertz CT molecular complexity index is 486. The first-order valence-electron chi connectivity index (χ1n) is 7.56. The molecule has 0 radical (unpaired) electrons. The Morgan fingerprint density at radius 2 is 0.974 bits per heavy atom. The molecule has 0 aromatic rings. The third kappa shape index (κ3) is 27.1. The summed E-state index contributed by atoms with van der Waals surface area (Å²) in [4.78, 5) is 30.7. The Morgan fingerprint density at radius 3 is 1.18 bits per heavy atom. The van der Waals surface area contributed by atoms with Crippen molar-refractivity contribution in [3.05, 3.63) is 0 Å². The van der Waals surface area contributed by atoms with E-state index in [-0.39, 0.29) is 88.0 Å². The highest BCUT2D eigenvalue weighted by molar-refractivity contribution is 6.92. The molecule has 0 rings (SSSR count). The molecule has 0 saturated heterocycles. The summed E-state index contributed by atoms with van der Waals surface area (Å²) in [5.41, 5.74) is 0. The normalized spacial score (nSPS) is 14.4. The summed E-state index contributed by atoms with van der Waals surface area (Å²) in [7, 11) is 2.21. The van der Waals surface area contributed by atoms with Crippen LogP contribution in [-0.4, -0.2) is 134 Å². The van der Waals surface area contributed by atoms with E-state index in [0.29, 0.717) is 0 Å². The lowest BCUT2D eigenvalue weighted by molar-refractivity contribution is -0.167. The fourth-order valence-corrected chi connectivity index (χ4v) is 1.76. The molecule has 0 aliphatic carbocycles. The van der Waals surface area contributed by atoms with E-state index in [1.54, 1.807) is 0 Å². The van der Waals surface area contributed by atoms with Gasteiger partial charge in [0.05, 0.1) is 6.61 Å². The maximum atomic E-state index is 10.3. The summed E-state index contributed by atoms with van der Waals surface area (Å²) >= 11 is 0. The summed E-state index contributed by atoms with van der Waals surface area (Å²) in [5.74, 6) is -3.33. The van der Waals surface area contributed by atoms with Crippen LogP contribution in [-0.2, 0) is 23.9 Å². The molecule has 17 heteroatoms. The van der Waals surface area contributed by atoms with Crippen molar-refractivity contribution in [1.29, 1.82) is 0 Å². The van der Waals surface area contributed by atoms with Crippen molar-refractivity contribution in [3.63, 3.8) is 0 Å². The van der Waals surface area contributed by atoms with Crippen molar-refractivity contribution in [2.45, 2.75) is 101 Å². The van der Waals surface area contributed by atoms with E-state index in [1.165, 1.54) is 0 Å². The summed E-state index contributed by atoms with van der Waals surface area (Å²) < 4.78 is 8.98. The van der Waals surface area contributed by atoms with Gasteiger partial charge < -0.3 is 60.2 Å². The first kappa shape index (κ1) is 76.8. The van der Waals surface area contributed by atoms with Crippen molar-refractivity contribution in [2.24, 2.45) is 0 Å². The number of aliphatic carboxylic acids is 2. The Kier molecular flexibility index (Phi) is 83.0. The fourth-order valence-electron chi connectivity index (χ4n) is 1.76. The molecule has 38 heavy (non-hydrogen) atoms. The second-order valence-corrected chi connectivity index (χ2v) is 5.32. The van der Waals surface area contributed by atoms with Gasteiger partial charge in [-0.15, -0.1) is 0 Å². The molecule has 0 aliphatic rings. The molecule has 0 fully saturated rings. The molecule has 0 aliphatic heterocycles. The predicted octanol–water partition coefficient (Wildman–Crippen LogP) is -0.844. The van der Waals surface area contributed by atoms with Crippen LogP contribution in [0.25, 0.3) is 0 Å². The van der Waals surface area contributed by atoms with Crippen LogP contribution >= 0.6 is 29.7 Å². The van der Waals surface area contributed by atoms with E-state index >= 15 is 0 Å². The minimum absolute atomic E-state index is 0. The van der Waals surface area contributed by atoms with E-state index in [2.05, 4.69) is 9.47 Å². The monoisotopic (exact) mass is 632 g/mol. The maximum Gasteiger partial charge on any atom is 0.335 e. The SMILES string of the molecule is C.C.C.C.C.C.C.COC(C(O)CO)C(O)C(O)C(=O)O.COC(C=O)C(O)C(O)C(O)C(=O)O.P.P.P. The number of carbonyl (C=O) groups excluding carboxylic acids is 1. The van der Waals surface area contributed by atoms with Gasteiger partial charge >= 0.3 is 11.9 Å². The first-order valence-corrected chi connectivity index (χ1v) is 7.56. The molecule has 0 heterocycles. The summed E-state index contributed by atoms with van der Waals surface area (Å²) in [6.07, 6.45) is -13.8. The first-order chi connectivity index (χ1) is 12.9. The molecule has 14 nitrogen and oxygen atoms in total. The topological polar surface area (TPSA) is 252 Å². The van der Waals surface area contributed by atoms with Crippen LogP contribution in [0.2, 0.25) is 0 Å². The number of carboxylic acid groups (broad SMARTS) is 2. The van der Waals surface area contributed by atoms with Crippen molar-refractivity contribution in [1.82, 2.24) is 0 Å². The lowest BCUT2D eigenvalue weighted by Crippen LogP contribution is -2.49. The maximum absolute atomic E-state index is 10.3. The highest BCUT2D eigenvalue weighted by Crippen LogP contribution is 2.09. The molecular formula is C21H63O14P3. The quantitative estimate of drug-likeness (QED) is 0.0940. The molecule has 246 valence electrons. The zero-order valence-corrected chi connectivity index (χ0v) is 21.3. The van der Waals surface area contributed by atoms with Crippen LogP contribution in [0.15, 0.2) is 0 Å². The fraction of sp³-hybridized carbons (Fsp3) is 0.857. The Hall–Kier alpha value is -0.460. The number of aldehydes is 1. The molecule has 0 bridgehead atoms. The Morgan fingerprint density at radius 1 is 0.658 bits per heavy atom. The van der Waals surface area contributed by atoms with E-state index < -0.39 is 67.4 Å². The summed E-state index contributed by atoms with van der Waals surface area (Å²) in [6.45, 7) is -0.706. The largest absolute Gasteiger partial charge is 0.479 e. The van der Waals surface area contributed by atoms with Gasteiger partial charge in [-0.1, -0.05) is 52.0 Å². The minimum atomic E-state index is -2.16. The zero-order valence-electron chi connectivity index (χ0n) is 17.1. The van der Waals surface area contributed by atoms with Gasteiger partial charge in [0.15, 0.2) is 18.5 Å². The molecule has 11 atom stereocenters. The Balaban J connectivity index is -0.0000000282. The molecule has 9 N–H and O–H groups in total. The number of carbonyl (C=O) groups is 3. The lowest BCUT2D eigenvalue weighted by Gasteiger charge is -2.26. The molecule has 0 spiro atoms. The van der Waals surface area contributed by atoms with Crippen LogP contribution in [0.3, 0.4) is 0 Å². The number of hydrogen-bond donors (Lipinski definition) is 9. The zero-order chi connectivity index (χ0) is 22.6. The third-order valence-electron chi connectivity index (χ3n) is 3.42. The molecule has 0 aromatic carbocycles. The Labute approximate surface area is 239 Å². The van der Waals surface area contributed by atoms with Gasteiger partial charge in [-0.05, 0) is 0 Å². The van der Waals surface area contributed by atoms with Gasteiger partial charge in [0, 0.05) is 14.2 Å². The van der Waals surface area contributed by atoms with Crippen LogP contribution in [0.4, 0.5) is 0 Å². The highest BCUT2D eigenvalue weighted by Gasteiger charge is 2.36. The number of carboxylic acids is 2. The van der Waals surface area contributed by atoms with Crippen LogP contribution in [0.5, 0.6) is 0 Å². The average Bonchev–Trinajstić information content (AvgIpc) is 2.67. The van der Waals surface area contributed by atoms with E-state index in [0.717, 1.165) is 14.2 Å². The van der Waals surface area contributed by atoms with Crippen LogP contribution in [0.1, 0.15) is 52.0 Å². The van der Waals surface area contributed by atoms with E-state index in [4.69, 9.17) is 40.9 Å². The van der Waals surface area contributed by atoms with Gasteiger partial charge in [-0.2, -0.15) is 29.7 Å². The van der Waals surface area contributed by atoms with Crippen molar-refractivity contribution < 1.29 is 69.8 Å². The second kappa shape index (κ2) is 41.0. The van der Waals surface area contributed by atoms with E-state index in [9.17, 15) is 19.5 Å². The average molecular weight is 633 g/mol. The molecule has 0 saturated carbocycles. The number of aliphatic hydroxyl groups is 7. The van der Waals surface area contributed by atoms with Crippen molar-refractivity contribution >= 4 is 47.9 Å². The highest BCUT2D eigenvalue weighted by atomic mass is 31.0.